The normalized spacial score (nSPS) is 21.7. The molecule has 4 rings (SSSR count). The summed E-state index contributed by atoms with van der Waals surface area (Å²) in [5.74, 6) is 1.74. The number of carbonyl (C=O) groups excluding carboxylic acids is 1. The molecular weight excluding hydrogens is 354 g/mol. The highest BCUT2D eigenvalue weighted by Gasteiger charge is 2.35. The van der Waals surface area contributed by atoms with Gasteiger partial charge in [-0.3, -0.25) is 10.2 Å². The third-order valence-corrected chi connectivity index (χ3v) is 5.32. The number of rotatable bonds is 6. The van der Waals surface area contributed by atoms with Gasteiger partial charge in [0.1, 0.15) is 11.6 Å². The summed E-state index contributed by atoms with van der Waals surface area (Å²) < 4.78 is 5.23. The molecule has 0 saturated carbocycles. The van der Waals surface area contributed by atoms with Crippen molar-refractivity contribution in [3.63, 3.8) is 0 Å². The van der Waals surface area contributed by atoms with E-state index in [2.05, 4.69) is 33.1 Å². The lowest BCUT2D eigenvalue weighted by Gasteiger charge is -2.21. The van der Waals surface area contributed by atoms with Crippen LogP contribution < -0.4 is 20.9 Å². The van der Waals surface area contributed by atoms with Gasteiger partial charge in [-0.05, 0) is 36.8 Å². The van der Waals surface area contributed by atoms with Crippen molar-refractivity contribution in [3.8, 4) is 5.75 Å². The number of hydrazine groups is 1. The van der Waals surface area contributed by atoms with Gasteiger partial charge in [0.05, 0.1) is 30.7 Å². The molecule has 0 spiro atoms. The van der Waals surface area contributed by atoms with Crippen LogP contribution in [0.25, 0.3) is 11.0 Å². The van der Waals surface area contributed by atoms with Crippen LogP contribution in [0, 0.1) is 5.92 Å². The van der Waals surface area contributed by atoms with Crippen LogP contribution in [0.2, 0.25) is 0 Å². The molecule has 3 unspecified atom stereocenters. The maximum atomic E-state index is 12.6. The summed E-state index contributed by atoms with van der Waals surface area (Å²) in [6.45, 7) is 2.48. The molecule has 7 nitrogen and oxygen atoms in total. The number of nitrogens with zero attached hydrogens (tertiary/aromatic N) is 1. The second-order valence-corrected chi connectivity index (χ2v) is 7.17. The molecule has 0 bridgehead atoms. The first-order valence-electron chi connectivity index (χ1n) is 9.49. The fraction of sp³-hybridized carbons (Fsp3) is 0.333. The van der Waals surface area contributed by atoms with Gasteiger partial charge < -0.3 is 15.0 Å². The van der Waals surface area contributed by atoms with Crippen molar-refractivity contribution in [3.05, 3.63) is 59.9 Å². The Hall–Kier alpha value is -2.90. The van der Waals surface area contributed by atoms with E-state index in [4.69, 9.17) is 4.74 Å². The molecule has 1 saturated heterocycles. The maximum Gasteiger partial charge on any atom is 0.220 e. The molecule has 1 aliphatic heterocycles. The molecule has 1 amide bonds. The summed E-state index contributed by atoms with van der Waals surface area (Å²) in [7, 11) is 1.65. The third-order valence-electron chi connectivity index (χ3n) is 5.32. The van der Waals surface area contributed by atoms with Crippen LogP contribution in [0.3, 0.4) is 0 Å². The van der Waals surface area contributed by atoms with Crippen molar-refractivity contribution in [2.24, 2.45) is 5.92 Å². The fourth-order valence-corrected chi connectivity index (χ4v) is 3.72. The predicted molar refractivity (Wildman–Crippen MR) is 108 cm³/mol. The van der Waals surface area contributed by atoms with Crippen LogP contribution in [0.1, 0.15) is 30.8 Å². The number of methoxy groups -OCH3 is 1. The Kier molecular flexibility index (Phi) is 5.27. The third kappa shape index (κ3) is 3.85. The first-order valence-corrected chi connectivity index (χ1v) is 9.49. The standard InChI is InChI=1S/C21H25N5O2/c1-13-16(21(26-25-13)14-7-9-15(28-2)10-8-14)11-20(27)22-12-19-23-17-5-3-4-6-18(17)24-19/h3-10,13,16,21,25-26H,11-12H2,1-2H3,(H,22,27)(H,23,24). The Labute approximate surface area is 163 Å². The topological polar surface area (TPSA) is 91.1 Å². The number of amides is 1. The zero-order chi connectivity index (χ0) is 19.5. The lowest BCUT2D eigenvalue weighted by atomic mass is 9.87. The number of imidazole rings is 1. The highest BCUT2D eigenvalue weighted by atomic mass is 16.5. The van der Waals surface area contributed by atoms with E-state index < -0.39 is 0 Å². The molecule has 1 fully saturated rings. The Bertz CT molecular complexity index is 920. The highest BCUT2D eigenvalue weighted by Crippen LogP contribution is 2.32. The van der Waals surface area contributed by atoms with E-state index in [0.717, 1.165) is 28.2 Å². The Balaban J connectivity index is 1.38. The number of H-pyrrole nitrogens is 1. The second kappa shape index (κ2) is 8.00. The summed E-state index contributed by atoms with van der Waals surface area (Å²) >= 11 is 0. The van der Waals surface area contributed by atoms with Gasteiger partial charge >= 0.3 is 0 Å². The molecule has 7 heteroatoms. The number of aromatic amines is 1. The van der Waals surface area contributed by atoms with Crippen molar-refractivity contribution >= 4 is 16.9 Å². The minimum absolute atomic E-state index is 0.0151. The van der Waals surface area contributed by atoms with Gasteiger partial charge in [-0.1, -0.05) is 24.3 Å². The number of ether oxygens (including phenoxy) is 1. The van der Waals surface area contributed by atoms with Crippen LogP contribution in [-0.4, -0.2) is 29.0 Å². The molecule has 2 aromatic carbocycles. The number of para-hydroxylation sites is 2. The first-order chi connectivity index (χ1) is 13.6. The van der Waals surface area contributed by atoms with Crippen LogP contribution in [0.15, 0.2) is 48.5 Å². The number of carbonyl (C=O) groups is 1. The van der Waals surface area contributed by atoms with Gasteiger partial charge in [0, 0.05) is 18.4 Å². The Morgan fingerprint density at radius 1 is 1.14 bits per heavy atom. The number of hydrogen-bond acceptors (Lipinski definition) is 5. The molecule has 146 valence electrons. The molecule has 28 heavy (non-hydrogen) atoms. The molecule has 4 N–H and O–H groups in total. The second-order valence-electron chi connectivity index (χ2n) is 7.17. The lowest BCUT2D eigenvalue weighted by Crippen LogP contribution is -2.31. The van der Waals surface area contributed by atoms with E-state index >= 15 is 0 Å². The minimum Gasteiger partial charge on any atom is -0.497 e. The Morgan fingerprint density at radius 3 is 2.68 bits per heavy atom. The number of fused-ring (bicyclic) bond motifs is 1. The molecule has 2 heterocycles. The van der Waals surface area contributed by atoms with Crippen molar-refractivity contribution < 1.29 is 9.53 Å². The van der Waals surface area contributed by atoms with Crippen molar-refractivity contribution in [2.75, 3.05) is 7.11 Å². The van der Waals surface area contributed by atoms with E-state index in [1.54, 1.807) is 7.11 Å². The SMILES string of the molecule is COc1ccc(C2NNC(C)C2CC(=O)NCc2nc3ccccc3[nH]2)cc1. The first kappa shape index (κ1) is 18.5. The van der Waals surface area contributed by atoms with Crippen molar-refractivity contribution in [1.29, 1.82) is 0 Å². The molecule has 1 aliphatic rings. The molecule has 0 aliphatic carbocycles. The van der Waals surface area contributed by atoms with Crippen LogP contribution in [-0.2, 0) is 11.3 Å². The van der Waals surface area contributed by atoms with Crippen molar-refractivity contribution in [2.45, 2.75) is 32.0 Å². The quantitative estimate of drug-likeness (QED) is 0.528. The number of hydrogen-bond donors (Lipinski definition) is 4. The van der Waals surface area contributed by atoms with E-state index in [0.29, 0.717) is 13.0 Å². The number of nitrogens with one attached hydrogen (secondary N) is 4. The monoisotopic (exact) mass is 379 g/mol. The van der Waals surface area contributed by atoms with Gasteiger partial charge in [-0.15, -0.1) is 0 Å². The molecule has 3 atom stereocenters. The van der Waals surface area contributed by atoms with Crippen LogP contribution in [0.4, 0.5) is 0 Å². The van der Waals surface area contributed by atoms with Crippen LogP contribution in [0.5, 0.6) is 5.75 Å². The van der Waals surface area contributed by atoms with Gasteiger partial charge in [-0.25, -0.2) is 10.4 Å². The largest absolute Gasteiger partial charge is 0.497 e. The predicted octanol–water partition coefficient (Wildman–Crippen LogP) is 2.43. The van der Waals surface area contributed by atoms with E-state index in [-0.39, 0.29) is 23.9 Å². The molecule has 1 aromatic heterocycles. The summed E-state index contributed by atoms with van der Waals surface area (Å²) in [5, 5.41) is 2.99. The number of aromatic nitrogens is 2. The summed E-state index contributed by atoms with van der Waals surface area (Å²) in [4.78, 5) is 20.3. The minimum atomic E-state index is 0.0151. The summed E-state index contributed by atoms with van der Waals surface area (Å²) in [5.41, 5.74) is 9.60. The molecule has 0 radical (unpaired) electrons. The molecule has 3 aromatic rings. The number of benzene rings is 2. The van der Waals surface area contributed by atoms with E-state index in [1.807, 2.05) is 48.5 Å². The van der Waals surface area contributed by atoms with E-state index in [9.17, 15) is 4.79 Å². The summed E-state index contributed by atoms with van der Waals surface area (Å²) in [6, 6.07) is 16.1. The van der Waals surface area contributed by atoms with Crippen molar-refractivity contribution in [1.82, 2.24) is 26.1 Å². The van der Waals surface area contributed by atoms with Gasteiger partial charge in [0.15, 0.2) is 0 Å². The Morgan fingerprint density at radius 2 is 1.93 bits per heavy atom. The average Bonchev–Trinajstić information content (AvgIpc) is 3.30. The van der Waals surface area contributed by atoms with E-state index in [1.165, 1.54) is 0 Å². The lowest BCUT2D eigenvalue weighted by molar-refractivity contribution is -0.122. The van der Waals surface area contributed by atoms with Gasteiger partial charge in [-0.2, -0.15) is 0 Å². The zero-order valence-electron chi connectivity index (χ0n) is 16.0. The van der Waals surface area contributed by atoms with Crippen LogP contribution >= 0.6 is 0 Å². The average molecular weight is 379 g/mol. The molecular formula is C21H25N5O2. The smallest absolute Gasteiger partial charge is 0.220 e. The fourth-order valence-electron chi connectivity index (χ4n) is 3.72. The summed E-state index contributed by atoms with van der Waals surface area (Å²) in [6.07, 6.45) is 0.429. The maximum absolute atomic E-state index is 12.6. The van der Waals surface area contributed by atoms with Gasteiger partial charge in [0.2, 0.25) is 5.91 Å². The highest BCUT2D eigenvalue weighted by molar-refractivity contribution is 5.77. The van der Waals surface area contributed by atoms with Gasteiger partial charge in [0.25, 0.3) is 0 Å². The zero-order valence-corrected chi connectivity index (χ0v) is 16.0.